The van der Waals surface area contributed by atoms with E-state index in [1.165, 1.54) is 0 Å². The lowest BCUT2D eigenvalue weighted by atomic mass is 10.0. The van der Waals surface area contributed by atoms with Crippen molar-refractivity contribution < 1.29 is 14.3 Å². The van der Waals surface area contributed by atoms with Gasteiger partial charge in [0.15, 0.2) is 6.61 Å². The molecule has 0 atom stereocenters. The predicted octanol–water partition coefficient (Wildman–Crippen LogP) is 2.47. The third kappa shape index (κ3) is 2.98. The second kappa shape index (κ2) is 6.39. The number of benzene rings is 1. The van der Waals surface area contributed by atoms with Gasteiger partial charge in [0, 0.05) is 18.4 Å². The van der Waals surface area contributed by atoms with Gasteiger partial charge in [-0.25, -0.2) is 9.78 Å². The van der Waals surface area contributed by atoms with Crippen molar-refractivity contribution in [1.82, 2.24) is 9.38 Å². The van der Waals surface area contributed by atoms with Gasteiger partial charge in [-0.05, 0) is 36.6 Å². The van der Waals surface area contributed by atoms with Crippen molar-refractivity contribution in [1.29, 1.82) is 0 Å². The van der Waals surface area contributed by atoms with Gasteiger partial charge in [0.25, 0.3) is 5.91 Å². The summed E-state index contributed by atoms with van der Waals surface area (Å²) in [6.07, 6.45) is 6.93. The number of aromatic nitrogens is 2. The molecule has 0 spiro atoms. The number of anilines is 1. The van der Waals surface area contributed by atoms with E-state index in [0.29, 0.717) is 12.1 Å². The number of ether oxygens (including phenoxy) is 1. The summed E-state index contributed by atoms with van der Waals surface area (Å²) in [5.41, 5.74) is 3.26. The van der Waals surface area contributed by atoms with Crippen LogP contribution in [0.4, 0.5) is 5.69 Å². The fraction of sp³-hybridized carbons (Fsp3) is 0.211. The van der Waals surface area contributed by atoms with Crippen LogP contribution in [0.15, 0.2) is 55.1 Å². The monoisotopic (exact) mass is 335 g/mol. The zero-order valence-corrected chi connectivity index (χ0v) is 13.6. The van der Waals surface area contributed by atoms with E-state index in [1.807, 2.05) is 24.3 Å². The van der Waals surface area contributed by atoms with E-state index < -0.39 is 5.97 Å². The summed E-state index contributed by atoms with van der Waals surface area (Å²) in [5.74, 6) is -0.715. The van der Waals surface area contributed by atoms with Gasteiger partial charge in [0.2, 0.25) is 0 Å². The molecule has 0 bridgehead atoms. The van der Waals surface area contributed by atoms with Crippen LogP contribution in [0.1, 0.15) is 22.3 Å². The summed E-state index contributed by atoms with van der Waals surface area (Å²) in [7, 11) is 0. The average molecular weight is 335 g/mol. The van der Waals surface area contributed by atoms with E-state index in [0.717, 1.165) is 29.6 Å². The fourth-order valence-electron chi connectivity index (χ4n) is 3.13. The quantitative estimate of drug-likeness (QED) is 0.690. The molecule has 0 aliphatic carbocycles. The molecule has 0 saturated heterocycles. The Morgan fingerprint density at radius 2 is 2.08 bits per heavy atom. The van der Waals surface area contributed by atoms with E-state index >= 15 is 0 Å². The first-order chi connectivity index (χ1) is 12.2. The number of esters is 1. The summed E-state index contributed by atoms with van der Waals surface area (Å²) < 4.78 is 7.02. The highest BCUT2D eigenvalue weighted by molar-refractivity contribution is 5.98. The van der Waals surface area contributed by atoms with Crippen LogP contribution in [-0.4, -0.2) is 34.4 Å². The Labute approximate surface area is 144 Å². The lowest BCUT2D eigenvalue weighted by molar-refractivity contribution is -0.121. The number of hydrogen-bond acceptors (Lipinski definition) is 4. The SMILES string of the molecule is O=C(OCC(=O)N1CCCc2ccccc21)c1ccn2cncc2c1. The summed E-state index contributed by atoms with van der Waals surface area (Å²) in [4.78, 5) is 30.4. The van der Waals surface area contributed by atoms with Crippen molar-refractivity contribution in [3.8, 4) is 0 Å². The van der Waals surface area contributed by atoms with Crippen LogP contribution in [0.5, 0.6) is 0 Å². The second-order valence-corrected chi connectivity index (χ2v) is 5.99. The molecule has 0 saturated carbocycles. The highest BCUT2D eigenvalue weighted by Crippen LogP contribution is 2.26. The van der Waals surface area contributed by atoms with Crippen molar-refractivity contribution in [3.63, 3.8) is 0 Å². The molecule has 1 aromatic carbocycles. The van der Waals surface area contributed by atoms with Crippen molar-refractivity contribution in [3.05, 3.63) is 66.2 Å². The second-order valence-electron chi connectivity index (χ2n) is 5.99. The number of aryl methyl sites for hydroxylation is 1. The first-order valence-electron chi connectivity index (χ1n) is 8.19. The summed E-state index contributed by atoms with van der Waals surface area (Å²) in [6, 6.07) is 11.2. The molecular formula is C19H17N3O3. The van der Waals surface area contributed by atoms with E-state index in [1.54, 1.807) is 40.2 Å². The number of nitrogens with zero attached hydrogens (tertiary/aromatic N) is 3. The number of imidazole rings is 1. The molecule has 1 amide bonds. The average Bonchev–Trinajstić information content (AvgIpc) is 3.13. The van der Waals surface area contributed by atoms with Gasteiger partial charge in [-0.2, -0.15) is 0 Å². The van der Waals surface area contributed by atoms with Gasteiger partial charge in [-0.15, -0.1) is 0 Å². The Hall–Kier alpha value is -3.15. The standard InChI is InChI=1S/C19H17N3O3/c23-18(22-8-3-5-14-4-1-2-6-17(14)22)12-25-19(24)15-7-9-21-13-20-11-16(21)10-15/h1-2,4,6-7,9-11,13H,3,5,8,12H2. The third-order valence-corrected chi connectivity index (χ3v) is 4.39. The molecule has 126 valence electrons. The fourth-order valence-corrected chi connectivity index (χ4v) is 3.13. The van der Waals surface area contributed by atoms with Crippen molar-refractivity contribution in [2.45, 2.75) is 12.8 Å². The van der Waals surface area contributed by atoms with Gasteiger partial charge in [-0.3, -0.25) is 4.79 Å². The first-order valence-corrected chi connectivity index (χ1v) is 8.19. The van der Waals surface area contributed by atoms with Crippen LogP contribution >= 0.6 is 0 Å². The summed E-state index contributed by atoms with van der Waals surface area (Å²) in [6.45, 7) is 0.382. The number of hydrogen-bond donors (Lipinski definition) is 0. The minimum absolute atomic E-state index is 0.203. The molecule has 1 aliphatic rings. The number of fused-ring (bicyclic) bond motifs is 2. The van der Waals surface area contributed by atoms with Crippen LogP contribution in [0.3, 0.4) is 0 Å². The van der Waals surface area contributed by atoms with Gasteiger partial charge in [-0.1, -0.05) is 18.2 Å². The lowest BCUT2D eigenvalue weighted by Gasteiger charge is -2.29. The number of carbonyl (C=O) groups excluding carboxylic acids is 2. The molecular weight excluding hydrogens is 318 g/mol. The van der Waals surface area contributed by atoms with Crippen LogP contribution in [0.25, 0.3) is 5.52 Å². The maximum absolute atomic E-state index is 12.5. The van der Waals surface area contributed by atoms with Gasteiger partial charge in [0.05, 0.1) is 23.6 Å². The van der Waals surface area contributed by atoms with Crippen LogP contribution in [0, 0.1) is 0 Å². The van der Waals surface area contributed by atoms with Crippen molar-refractivity contribution in [2.24, 2.45) is 0 Å². The Balaban J connectivity index is 1.44. The zero-order valence-electron chi connectivity index (χ0n) is 13.6. The van der Waals surface area contributed by atoms with Crippen molar-refractivity contribution >= 4 is 23.1 Å². The van der Waals surface area contributed by atoms with E-state index in [4.69, 9.17) is 4.74 Å². The molecule has 6 nitrogen and oxygen atoms in total. The Kier molecular flexibility index (Phi) is 3.93. The molecule has 0 unspecified atom stereocenters. The lowest BCUT2D eigenvalue weighted by Crippen LogP contribution is -2.38. The molecule has 0 radical (unpaired) electrons. The number of carbonyl (C=O) groups is 2. The number of rotatable bonds is 3. The number of pyridine rings is 1. The largest absolute Gasteiger partial charge is 0.452 e. The van der Waals surface area contributed by atoms with Gasteiger partial charge < -0.3 is 14.0 Å². The number of amides is 1. The first kappa shape index (κ1) is 15.4. The molecule has 0 N–H and O–H groups in total. The van der Waals surface area contributed by atoms with Crippen LogP contribution in [0.2, 0.25) is 0 Å². The predicted molar refractivity (Wildman–Crippen MR) is 92.6 cm³/mol. The molecule has 0 fully saturated rings. The van der Waals surface area contributed by atoms with Crippen LogP contribution in [-0.2, 0) is 16.0 Å². The minimum atomic E-state index is -0.512. The molecule has 3 heterocycles. The summed E-state index contributed by atoms with van der Waals surface area (Å²) in [5, 5.41) is 0. The topological polar surface area (TPSA) is 63.9 Å². The molecule has 25 heavy (non-hydrogen) atoms. The van der Waals surface area contributed by atoms with Crippen molar-refractivity contribution in [2.75, 3.05) is 18.1 Å². The highest BCUT2D eigenvalue weighted by Gasteiger charge is 2.23. The number of para-hydroxylation sites is 1. The Morgan fingerprint density at radius 1 is 1.20 bits per heavy atom. The normalized spacial score (nSPS) is 13.5. The molecule has 3 aromatic rings. The van der Waals surface area contributed by atoms with Gasteiger partial charge in [0.1, 0.15) is 0 Å². The van der Waals surface area contributed by atoms with Crippen LogP contribution < -0.4 is 4.90 Å². The molecule has 2 aromatic heterocycles. The maximum Gasteiger partial charge on any atom is 0.338 e. The zero-order chi connectivity index (χ0) is 17.2. The Morgan fingerprint density at radius 3 is 3.00 bits per heavy atom. The van der Waals surface area contributed by atoms with E-state index in [2.05, 4.69) is 4.98 Å². The smallest absolute Gasteiger partial charge is 0.338 e. The van der Waals surface area contributed by atoms with E-state index in [-0.39, 0.29) is 12.5 Å². The van der Waals surface area contributed by atoms with E-state index in [9.17, 15) is 9.59 Å². The minimum Gasteiger partial charge on any atom is -0.452 e. The molecule has 1 aliphatic heterocycles. The highest BCUT2D eigenvalue weighted by atomic mass is 16.5. The van der Waals surface area contributed by atoms with Gasteiger partial charge >= 0.3 is 5.97 Å². The summed E-state index contributed by atoms with van der Waals surface area (Å²) >= 11 is 0. The maximum atomic E-state index is 12.5. The molecule has 4 rings (SSSR count). The third-order valence-electron chi connectivity index (χ3n) is 4.39. The molecule has 6 heteroatoms. The Bertz CT molecular complexity index is 948.